The molecule has 0 radical (unpaired) electrons. The minimum atomic E-state index is 0.139. The van der Waals surface area contributed by atoms with Crippen LogP contribution in [0.2, 0.25) is 10.2 Å². The van der Waals surface area contributed by atoms with Crippen LogP contribution in [0, 0.1) is 6.92 Å². The van der Waals surface area contributed by atoms with Crippen LogP contribution in [0.5, 0.6) is 0 Å². The van der Waals surface area contributed by atoms with E-state index in [4.69, 9.17) is 28.9 Å². The highest BCUT2D eigenvalue weighted by Gasteiger charge is 2.08. The standard InChI is InChI=1S/C11H9Cl2N3/c1-6-3-2-4-7(10(6)13)8-5-9(12)16-11(14)15-8/h2-5H,1H3,(H2,14,15,16). The summed E-state index contributed by atoms with van der Waals surface area (Å²) in [5.74, 6) is 0.139. The van der Waals surface area contributed by atoms with Gasteiger partial charge in [-0.15, -0.1) is 0 Å². The summed E-state index contributed by atoms with van der Waals surface area (Å²) in [5, 5.41) is 0.955. The minimum absolute atomic E-state index is 0.139. The molecule has 3 nitrogen and oxygen atoms in total. The summed E-state index contributed by atoms with van der Waals surface area (Å²) in [5.41, 5.74) is 7.95. The molecule has 1 aromatic heterocycles. The van der Waals surface area contributed by atoms with Gasteiger partial charge >= 0.3 is 0 Å². The zero-order chi connectivity index (χ0) is 11.7. The van der Waals surface area contributed by atoms with Gasteiger partial charge in [0.05, 0.1) is 10.7 Å². The first kappa shape index (κ1) is 11.2. The van der Waals surface area contributed by atoms with Crippen molar-refractivity contribution in [2.24, 2.45) is 0 Å². The molecular formula is C11H9Cl2N3. The summed E-state index contributed by atoms with van der Waals surface area (Å²) in [7, 11) is 0. The van der Waals surface area contributed by atoms with E-state index < -0.39 is 0 Å². The van der Waals surface area contributed by atoms with Crippen molar-refractivity contribution in [3.8, 4) is 11.3 Å². The van der Waals surface area contributed by atoms with Crippen LogP contribution < -0.4 is 5.73 Å². The molecule has 0 aliphatic carbocycles. The average Bonchev–Trinajstić information content (AvgIpc) is 2.20. The van der Waals surface area contributed by atoms with E-state index in [1.165, 1.54) is 0 Å². The number of anilines is 1. The van der Waals surface area contributed by atoms with Gasteiger partial charge < -0.3 is 5.73 Å². The van der Waals surface area contributed by atoms with Crippen molar-refractivity contribution in [3.05, 3.63) is 40.0 Å². The normalized spacial score (nSPS) is 10.4. The molecule has 1 aromatic carbocycles. The first-order chi connectivity index (χ1) is 7.58. The first-order valence-corrected chi connectivity index (χ1v) is 5.39. The quantitative estimate of drug-likeness (QED) is 0.794. The number of nitrogens with two attached hydrogens (primary N) is 1. The van der Waals surface area contributed by atoms with Gasteiger partial charge in [0.1, 0.15) is 5.15 Å². The molecule has 2 rings (SSSR count). The Bertz CT molecular complexity index is 520. The summed E-state index contributed by atoms with van der Waals surface area (Å²) in [6.07, 6.45) is 0. The van der Waals surface area contributed by atoms with E-state index in [0.717, 1.165) is 11.1 Å². The van der Waals surface area contributed by atoms with E-state index in [2.05, 4.69) is 9.97 Å². The summed E-state index contributed by atoms with van der Waals surface area (Å²) in [4.78, 5) is 7.90. The number of nitrogen functional groups attached to an aromatic ring is 1. The number of rotatable bonds is 1. The maximum atomic E-state index is 6.19. The number of hydrogen-bond donors (Lipinski definition) is 1. The SMILES string of the molecule is Cc1cccc(-c2cc(Cl)nc(N)n2)c1Cl. The highest BCUT2D eigenvalue weighted by molar-refractivity contribution is 6.34. The molecule has 5 heteroatoms. The van der Waals surface area contributed by atoms with Gasteiger partial charge in [0.25, 0.3) is 0 Å². The van der Waals surface area contributed by atoms with Crippen LogP contribution >= 0.6 is 23.2 Å². The molecule has 0 amide bonds. The van der Waals surface area contributed by atoms with E-state index in [1.54, 1.807) is 6.07 Å². The van der Waals surface area contributed by atoms with E-state index in [0.29, 0.717) is 15.9 Å². The zero-order valence-corrected chi connectivity index (χ0v) is 10.0. The maximum Gasteiger partial charge on any atom is 0.221 e. The number of nitrogens with zero attached hydrogens (tertiary/aromatic N) is 2. The van der Waals surface area contributed by atoms with Gasteiger partial charge in [0.2, 0.25) is 5.95 Å². The van der Waals surface area contributed by atoms with E-state index in [-0.39, 0.29) is 5.95 Å². The molecule has 2 N–H and O–H groups in total. The van der Waals surface area contributed by atoms with Crippen molar-refractivity contribution in [2.75, 3.05) is 5.73 Å². The van der Waals surface area contributed by atoms with E-state index >= 15 is 0 Å². The van der Waals surface area contributed by atoms with Gasteiger partial charge in [-0.25, -0.2) is 9.97 Å². The molecule has 0 saturated heterocycles. The van der Waals surface area contributed by atoms with Gasteiger partial charge in [-0.3, -0.25) is 0 Å². The molecule has 0 unspecified atom stereocenters. The predicted molar refractivity (Wildman–Crippen MR) is 66.6 cm³/mol. The molecule has 2 aromatic rings. The summed E-state index contributed by atoms with van der Waals surface area (Å²) < 4.78 is 0. The molecule has 1 heterocycles. The van der Waals surface area contributed by atoms with Gasteiger partial charge in [0, 0.05) is 11.6 Å². The second kappa shape index (κ2) is 4.28. The molecule has 0 spiro atoms. The molecule has 82 valence electrons. The van der Waals surface area contributed by atoms with Gasteiger partial charge in [-0.1, -0.05) is 41.4 Å². The van der Waals surface area contributed by atoms with Crippen molar-refractivity contribution in [2.45, 2.75) is 6.92 Å². The third-order valence-electron chi connectivity index (χ3n) is 2.18. The largest absolute Gasteiger partial charge is 0.368 e. The third kappa shape index (κ3) is 2.10. The van der Waals surface area contributed by atoms with Crippen LogP contribution in [-0.4, -0.2) is 9.97 Å². The van der Waals surface area contributed by atoms with Crippen LogP contribution in [0.4, 0.5) is 5.95 Å². The maximum absolute atomic E-state index is 6.19. The number of benzene rings is 1. The molecule has 0 atom stereocenters. The zero-order valence-electron chi connectivity index (χ0n) is 8.54. The van der Waals surface area contributed by atoms with Crippen LogP contribution in [0.3, 0.4) is 0 Å². The van der Waals surface area contributed by atoms with E-state index in [9.17, 15) is 0 Å². The van der Waals surface area contributed by atoms with Gasteiger partial charge in [-0.2, -0.15) is 0 Å². The van der Waals surface area contributed by atoms with Crippen molar-refractivity contribution in [3.63, 3.8) is 0 Å². The summed E-state index contributed by atoms with van der Waals surface area (Å²) in [6, 6.07) is 7.34. The Morgan fingerprint density at radius 1 is 1.19 bits per heavy atom. The average molecular weight is 254 g/mol. The number of hydrogen-bond acceptors (Lipinski definition) is 3. The second-order valence-corrected chi connectivity index (χ2v) is 4.14. The lowest BCUT2D eigenvalue weighted by atomic mass is 10.1. The Morgan fingerprint density at radius 2 is 1.94 bits per heavy atom. The highest BCUT2D eigenvalue weighted by Crippen LogP contribution is 2.30. The fourth-order valence-corrected chi connectivity index (χ4v) is 1.83. The first-order valence-electron chi connectivity index (χ1n) is 4.63. The lowest BCUT2D eigenvalue weighted by Crippen LogP contribution is -1.97. The van der Waals surface area contributed by atoms with Crippen molar-refractivity contribution in [1.29, 1.82) is 0 Å². The lowest BCUT2D eigenvalue weighted by Gasteiger charge is -2.06. The van der Waals surface area contributed by atoms with Gasteiger partial charge in [-0.05, 0) is 12.5 Å². The second-order valence-electron chi connectivity index (χ2n) is 3.37. The van der Waals surface area contributed by atoms with Crippen LogP contribution in [-0.2, 0) is 0 Å². The Morgan fingerprint density at radius 3 is 2.62 bits per heavy atom. The Labute approximate surface area is 103 Å². The van der Waals surface area contributed by atoms with Crippen molar-refractivity contribution < 1.29 is 0 Å². The summed E-state index contributed by atoms with van der Waals surface area (Å²) in [6.45, 7) is 1.93. The monoisotopic (exact) mass is 253 g/mol. The number of aryl methyl sites for hydroxylation is 1. The minimum Gasteiger partial charge on any atom is -0.368 e. The smallest absolute Gasteiger partial charge is 0.221 e. The molecule has 16 heavy (non-hydrogen) atoms. The van der Waals surface area contributed by atoms with Crippen molar-refractivity contribution in [1.82, 2.24) is 9.97 Å². The van der Waals surface area contributed by atoms with E-state index in [1.807, 2.05) is 25.1 Å². The fraction of sp³-hybridized carbons (Fsp3) is 0.0909. The molecule has 0 fully saturated rings. The molecule has 0 aliphatic rings. The number of halogens is 2. The Hall–Kier alpha value is -1.32. The summed E-state index contributed by atoms with van der Waals surface area (Å²) >= 11 is 12.0. The van der Waals surface area contributed by atoms with Crippen LogP contribution in [0.15, 0.2) is 24.3 Å². The van der Waals surface area contributed by atoms with Crippen molar-refractivity contribution >= 4 is 29.2 Å². The van der Waals surface area contributed by atoms with Crippen LogP contribution in [0.1, 0.15) is 5.56 Å². The Balaban J connectivity index is 2.63. The highest BCUT2D eigenvalue weighted by atomic mass is 35.5. The molecule has 0 saturated carbocycles. The topological polar surface area (TPSA) is 51.8 Å². The van der Waals surface area contributed by atoms with Crippen LogP contribution in [0.25, 0.3) is 11.3 Å². The Kier molecular flexibility index (Phi) is 2.99. The predicted octanol–water partition coefficient (Wildman–Crippen LogP) is 3.34. The third-order valence-corrected chi connectivity index (χ3v) is 2.88. The fourth-order valence-electron chi connectivity index (χ4n) is 1.42. The molecular weight excluding hydrogens is 245 g/mol. The lowest BCUT2D eigenvalue weighted by molar-refractivity contribution is 1.19. The molecule has 0 bridgehead atoms. The number of aromatic nitrogens is 2. The van der Waals surface area contributed by atoms with Gasteiger partial charge in [0.15, 0.2) is 0 Å². The molecule has 0 aliphatic heterocycles.